The van der Waals surface area contributed by atoms with Crippen LogP contribution >= 0.6 is 0 Å². The molecule has 7 nitrogen and oxygen atoms in total. The summed E-state index contributed by atoms with van der Waals surface area (Å²) in [4.78, 5) is 0. The lowest BCUT2D eigenvalue weighted by atomic mass is 10.5. The van der Waals surface area contributed by atoms with Gasteiger partial charge in [0.2, 0.25) is 0 Å². The third-order valence-electron chi connectivity index (χ3n) is 3.31. The van der Waals surface area contributed by atoms with E-state index in [1.807, 2.05) is 54.5 Å². The molecular formula is C19H44O7Si2. The largest absolute Gasteiger partial charge is 0.679 e. The monoisotopic (exact) mass is 440 g/mol. The zero-order valence-electron chi connectivity index (χ0n) is 19.4. The third kappa shape index (κ3) is 15.6. The molecule has 0 unspecified atom stereocenters. The van der Waals surface area contributed by atoms with E-state index in [0.29, 0.717) is 26.4 Å². The standard InChI is InChI=1S/C11H24O3Si.C8H20O4Si/c1-5-9-12-10-8-11-15(4,13-6-2)14-7-3;1-5-9-13(10-6-2,11-7-3)12-8-4/h5,9H,6-8,10-11H2,1-4H3;5-8H2,1-4H3. The molecule has 0 saturated carbocycles. The Morgan fingerprint density at radius 2 is 1.04 bits per heavy atom. The third-order valence-corrected chi connectivity index (χ3v) is 8.94. The SMILES string of the molecule is CC=COCCC[Si](C)(OCC)OCC.CCO[Si](OCC)(OCC)OCC. The highest BCUT2D eigenvalue weighted by Gasteiger charge is 2.44. The fourth-order valence-corrected chi connectivity index (χ4v) is 6.69. The van der Waals surface area contributed by atoms with Crippen molar-refractivity contribution in [2.75, 3.05) is 46.2 Å². The van der Waals surface area contributed by atoms with Gasteiger partial charge in [0.15, 0.2) is 0 Å². The maximum atomic E-state index is 5.72. The summed E-state index contributed by atoms with van der Waals surface area (Å²) in [6.45, 7) is 20.1. The Morgan fingerprint density at radius 3 is 1.36 bits per heavy atom. The van der Waals surface area contributed by atoms with E-state index in [1.54, 1.807) is 6.26 Å². The summed E-state index contributed by atoms with van der Waals surface area (Å²) in [5.74, 6) is 0. The van der Waals surface area contributed by atoms with Crippen molar-refractivity contribution in [3.05, 3.63) is 12.3 Å². The topological polar surface area (TPSA) is 64.6 Å². The highest BCUT2D eigenvalue weighted by Crippen LogP contribution is 2.15. The summed E-state index contributed by atoms with van der Waals surface area (Å²) in [5.41, 5.74) is 0. The summed E-state index contributed by atoms with van der Waals surface area (Å²) < 4.78 is 38.4. The van der Waals surface area contributed by atoms with Crippen LogP contribution in [0.15, 0.2) is 12.3 Å². The number of hydrogen-bond acceptors (Lipinski definition) is 7. The molecule has 0 heterocycles. The Balaban J connectivity index is 0. The predicted octanol–water partition coefficient (Wildman–Crippen LogP) is 4.64. The van der Waals surface area contributed by atoms with Crippen LogP contribution in [0.1, 0.15) is 54.9 Å². The van der Waals surface area contributed by atoms with Crippen LogP contribution < -0.4 is 0 Å². The summed E-state index contributed by atoms with van der Waals surface area (Å²) >= 11 is 0. The smallest absolute Gasteiger partial charge is 0.502 e. The highest BCUT2D eigenvalue weighted by molar-refractivity contribution is 6.66. The molecule has 0 amide bonds. The Morgan fingerprint density at radius 1 is 0.643 bits per heavy atom. The van der Waals surface area contributed by atoms with E-state index in [1.165, 1.54) is 0 Å². The average molecular weight is 441 g/mol. The van der Waals surface area contributed by atoms with Crippen LogP contribution in [0.25, 0.3) is 0 Å². The summed E-state index contributed by atoms with van der Waals surface area (Å²) in [6.07, 6.45) is 4.61. The van der Waals surface area contributed by atoms with Gasteiger partial charge in [-0.25, -0.2) is 0 Å². The number of rotatable bonds is 17. The van der Waals surface area contributed by atoms with Gasteiger partial charge < -0.3 is 31.3 Å². The predicted molar refractivity (Wildman–Crippen MR) is 117 cm³/mol. The van der Waals surface area contributed by atoms with Crippen LogP contribution in [0.4, 0.5) is 0 Å². The van der Waals surface area contributed by atoms with E-state index < -0.39 is 17.6 Å². The second-order valence-corrected chi connectivity index (χ2v) is 11.2. The van der Waals surface area contributed by atoms with Gasteiger partial charge in [-0.3, -0.25) is 0 Å². The molecule has 0 aromatic heterocycles. The first-order chi connectivity index (χ1) is 13.4. The molecule has 0 fully saturated rings. The molecule has 0 saturated heterocycles. The van der Waals surface area contributed by atoms with Gasteiger partial charge in [-0.2, -0.15) is 0 Å². The molecule has 170 valence electrons. The van der Waals surface area contributed by atoms with Gasteiger partial charge in [0.1, 0.15) is 0 Å². The minimum absolute atomic E-state index is 0.548. The number of hydrogen-bond donors (Lipinski definition) is 0. The lowest BCUT2D eigenvalue weighted by molar-refractivity contribution is -0.0247. The molecule has 0 radical (unpaired) electrons. The van der Waals surface area contributed by atoms with E-state index in [2.05, 4.69) is 6.55 Å². The van der Waals surface area contributed by atoms with Gasteiger partial charge in [-0.1, -0.05) is 6.08 Å². The van der Waals surface area contributed by atoms with Crippen molar-refractivity contribution < 1.29 is 31.3 Å². The molecule has 0 bridgehead atoms. The molecule has 0 N–H and O–H groups in total. The van der Waals surface area contributed by atoms with Gasteiger partial charge in [0.05, 0.1) is 12.9 Å². The second kappa shape index (κ2) is 20.0. The summed E-state index contributed by atoms with van der Waals surface area (Å²) in [7, 11) is -4.71. The molecule has 0 aliphatic rings. The van der Waals surface area contributed by atoms with Gasteiger partial charge >= 0.3 is 17.6 Å². The van der Waals surface area contributed by atoms with Crippen molar-refractivity contribution in [3.63, 3.8) is 0 Å². The fraction of sp³-hybridized carbons (Fsp3) is 0.895. The van der Waals surface area contributed by atoms with Crippen molar-refractivity contribution in [2.24, 2.45) is 0 Å². The van der Waals surface area contributed by atoms with Crippen molar-refractivity contribution in [2.45, 2.75) is 67.5 Å². The average Bonchev–Trinajstić information content (AvgIpc) is 2.63. The zero-order valence-corrected chi connectivity index (χ0v) is 21.4. The minimum atomic E-state index is -2.80. The first kappa shape index (κ1) is 29.9. The van der Waals surface area contributed by atoms with Gasteiger partial charge in [0, 0.05) is 39.6 Å². The molecule has 28 heavy (non-hydrogen) atoms. The van der Waals surface area contributed by atoms with Crippen LogP contribution in [0.5, 0.6) is 0 Å². The molecular weight excluding hydrogens is 396 g/mol. The molecule has 0 aliphatic heterocycles. The normalized spacial score (nSPS) is 12.1. The van der Waals surface area contributed by atoms with E-state index in [-0.39, 0.29) is 0 Å². The minimum Gasteiger partial charge on any atom is -0.502 e. The highest BCUT2D eigenvalue weighted by atomic mass is 28.4. The van der Waals surface area contributed by atoms with Crippen LogP contribution in [0, 0.1) is 0 Å². The first-order valence-electron chi connectivity index (χ1n) is 10.5. The van der Waals surface area contributed by atoms with Crippen LogP contribution in [0.3, 0.4) is 0 Å². The Labute approximate surface area is 175 Å². The number of ether oxygens (including phenoxy) is 1. The zero-order chi connectivity index (χ0) is 21.7. The lowest BCUT2D eigenvalue weighted by Crippen LogP contribution is -2.49. The van der Waals surface area contributed by atoms with Gasteiger partial charge in [-0.05, 0) is 67.5 Å². The molecule has 0 spiro atoms. The summed E-state index contributed by atoms with van der Waals surface area (Å²) in [6, 6.07) is 0.992. The molecule has 0 aliphatic carbocycles. The van der Waals surface area contributed by atoms with Crippen molar-refractivity contribution in [1.29, 1.82) is 0 Å². The van der Waals surface area contributed by atoms with Crippen molar-refractivity contribution in [1.82, 2.24) is 0 Å². The van der Waals surface area contributed by atoms with Crippen molar-refractivity contribution >= 4 is 17.6 Å². The van der Waals surface area contributed by atoms with Gasteiger partial charge in [-0.15, -0.1) is 0 Å². The molecule has 0 atom stereocenters. The Bertz CT molecular complexity index is 322. The molecule has 0 aromatic carbocycles. The van der Waals surface area contributed by atoms with E-state index in [0.717, 1.165) is 32.3 Å². The first-order valence-corrected chi connectivity index (χ1v) is 14.6. The van der Waals surface area contributed by atoms with Crippen molar-refractivity contribution in [3.8, 4) is 0 Å². The maximum Gasteiger partial charge on any atom is 0.679 e. The Hall–Kier alpha value is -0.266. The molecule has 0 rings (SSSR count). The van der Waals surface area contributed by atoms with Crippen LogP contribution in [-0.2, 0) is 31.3 Å². The maximum absolute atomic E-state index is 5.72. The van der Waals surface area contributed by atoms with Gasteiger partial charge in [0.25, 0.3) is 0 Å². The lowest BCUT2D eigenvalue weighted by Gasteiger charge is -2.26. The van der Waals surface area contributed by atoms with Crippen LogP contribution in [0.2, 0.25) is 12.6 Å². The van der Waals surface area contributed by atoms with E-state index in [9.17, 15) is 0 Å². The fourth-order valence-electron chi connectivity index (χ4n) is 2.39. The van der Waals surface area contributed by atoms with Crippen LogP contribution in [-0.4, -0.2) is 63.9 Å². The Kier molecular flexibility index (Phi) is 21.4. The molecule has 9 heteroatoms. The van der Waals surface area contributed by atoms with E-state index in [4.69, 9.17) is 31.3 Å². The summed E-state index contributed by atoms with van der Waals surface area (Å²) in [5, 5.41) is 0. The number of allylic oxidation sites excluding steroid dienone is 1. The second-order valence-electron chi connectivity index (χ2n) is 5.68. The quantitative estimate of drug-likeness (QED) is 0.185. The van der Waals surface area contributed by atoms with E-state index >= 15 is 0 Å². The molecule has 0 aromatic rings.